The molecule has 0 aliphatic rings. The molecule has 4 nitrogen and oxygen atoms in total. The van der Waals surface area contributed by atoms with Gasteiger partial charge in [0.15, 0.2) is 11.5 Å². The second-order valence-corrected chi connectivity index (χ2v) is 5.61. The van der Waals surface area contributed by atoms with Crippen LogP contribution in [0.15, 0.2) is 42.5 Å². The first-order valence-corrected chi connectivity index (χ1v) is 8.49. The quantitative estimate of drug-likeness (QED) is 0.655. The molecule has 0 aliphatic heterocycles. The van der Waals surface area contributed by atoms with Crippen molar-refractivity contribution in [2.75, 3.05) is 26.4 Å². The Hall–Kier alpha value is -2.04. The van der Waals surface area contributed by atoms with Crippen LogP contribution >= 0.6 is 0 Å². The molecule has 24 heavy (non-hydrogen) atoms. The van der Waals surface area contributed by atoms with Crippen molar-refractivity contribution in [1.29, 1.82) is 0 Å². The zero-order valence-corrected chi connectivity index (χ0v) is 14.2. The highest BCUT2D eigenvalue weighted by Gasteiger charge is 2.08. The van der Waals surface area contributed by atoms with E-state index in [1.165, 1.54) is 5.56 Å². The highest BCUT2D eigenvalue weighted by molar-refractivity contribution is 5.67. The topological polar surface area (TPSA) is 58.9 Å². The molecule has 0 aliphatic carbocycles. The van der Waals surface area contributed by atoms with Crippen molar-refractivity contribution in [3.05, 3.63) is 48.0 Å². The Morgan fingerprint density at radius 2 is 1.50 bits per heavy atom. The Labute approximate surface area is 143 Å². The van der Waals surface area contributed by atoms with E-state index < -0.39 is 0 Å². The lowest BCUT2D eigenvalue weighted by Gasteiger charge is -2.14. The van der Waals surface area contributed by atoms with Gasteiger partial charge < -0.3 is 19.7 Å². The molecule has 0 unspecified atom stereocenters. The van der Waals surface area contributed by atoms with E-state index in [1.807, 2.05) is 18.2 Å². The summed E-state index contributed by atoms with van der Waals surface area (Å²) >= 11 is 0. The van der Waals surface area contributed by atoms with E-state index in [4.69, 9.17) is 19.7 Å². The third-order valence-electron chi connectivity index (χ3n) is 3.68. The van der Waals surface area contributed by atoms with Crippen LogP contribution < -0.4 is 9.47 Å². The Bertz CT molecular complexity index is 608. The number of rotatable bonds is 10. The minimum absolute atomic E-state index is 0.0449. The Morgan fingerprint density at radius 3 is 2.17 bits per heavy atom. The van der Waals surface area contributed by atoms with Crippen LogP contribution in [-0.4, -0.2) is 36.6 Å². The molecule has 0 amide bonds. The standard InChI is InChI=1S/C20H26O4/c1-2-4-16-5-7-17(8-6-16)18-9-10-19(24-14-12-22)20(15-18)23-13-3-11-21/h5-10,15,21-22H,2-4,11-14H2,1H3. The summed E-state index contributed by atoms with van der Waals surface area (Å²) in [5.74, 6) is 1.24. The molecule has 130 valence electrons. The second kappa shape index (κ2) is 9.96. The number of aliphatic hydroxyl groups is 2. The highest BCUT2D eigenvalue weighted by Crippen LogP contribution is 2.33. The first kappa shape index (κ1) is 18.3. The lowest BCUT2D eigenvalue weighted by atomic mass is 10.0. The monoisotopic (exact) mass is 330 g/mol. The number of hydrogen-bond donors (Lipinski definition) is 2. The average molecular weight is 330 g/mol. The van der Waals surface area contributed by atoms with Crippen LogP contribution in [0, 0.1) is 0 Å². The third kappa shape index (κ3) is 5.25. The molecule has 0 radical (unpaired) electrons. The predicted molar refractivity (Wildman–Crippen MR) is 95.7 cm³/mol. The van der Waals surface area contributed by atoms with E-state index in [-0.39, 0.29) is 19.8 Å². The van der Waals surface area contributed by atoms with Gasteiger partial charge in [-0.15, -0.1) is 0 Å². The van der Waals surface area contributed by atoms with Crippen LogP contribution in [0.25, 0.3) is 11.1 Å². The minimum Gasteiger partial charge on any atom is -0.490 e. The van der Waals surface area contributed by atoms with E-state index in [2.05, 4.69) is 31.2 Å². The van der Waals surface area contributed by atoms with Gasteiger partial charge in [-0.3, -0.25) is 0 Å². The summed E-state index contributed by atoms with van der Waals surface area (Å²) in [7, 11) is 0. The first-order chi connectivity index (χ1) is 11.8. The lowest BCUT2D eigenvalue weighted by molar-refractivity contribution is 0.189. The van der Waals surface area contributed by atoms with Crippen molar-refractivity contribution < 1.29 is 19.7 Å². The number of aliphatic hydroxyl groups excluding tert-OH is 2. The summed E-state index contributed by atoms with van der Waals surface area (Å²) in [4.78, 5) is 0. The van der Waals surface area contributed by atoms with Gasteiger partial charge in [-0.2, -0.15) is 0 Å². The number of aryl methyl sites for hydroxylation is 1. The molecule has 0 spiro atoms. The van der Waals surface area contributed by atoms with Crippen LogP contribution in [0.1, 0.15) is 25.3 Å². The average Bonchev–Trinajstić information content (AvgIpc) is 2.62. The van der Waals surface area contributed by atoms with Crippen LogP contribution in [0.3, 0.4) is 0 Å². The summed E-state index contributed by atoms with van der Waals surface area (Å²) < 4.78 is 11.3. The van der Waals surface area contributed by atoms with Gasteiger partial charge in [0.1, 0.15) is 6.61 Å². The Kier molecular flexibility index (Phi) is 7.59. The summed E-state index contributed by atoms with van der Waals surface area (Å²) in [6, 6.07) is 14.3. The number of ether oxygens (including phenoxy) is 2. The van der Waals surface area contributed by atoms with Crippen molar-refractivity contribution in [2.24, 2.45) is 0 Å². The molecule has 2 aromatic carbocycles. The molecular weight excluding hydrogens is 304 g/mol. The Balaban J connectivity index is 2.21. The van der Waals surface area contributed by atoms with Crippen LogP contribution in [0.4, 0.5) is 0 Å². The molecule has 0 atom stereocenters. The molecule has 0 saturated carbocycles. The maximum Gasteiger partial charge on any atom is 0.161 e. The van der Waals surface area contributed by atoms with Crippen molar-refractivity contribution >= 4 is 0 Å². The van der Waals surface area contributed by atoms with Crippen LogP contribution in [0.5, 0.6) is 11.5 Å². The van der Waals surface area contributed by atoms with Crippen molar-refractivity contribution in [3.8, 4) is 22.6 Å². The summed E-state index contributed by atoms with van der Waals surface area (Å²) in [6.07, 6.45) is 2.79. The molecule has 0 saturated heterocycles. The fraction of sp³-hybridized carbons (Fsp3) is 0.400. The van der Waals surface area contributed by atoms with E-state index >= 15 is 0 Å². The second-order valence-electron chi connectivity index (χ2n) is 5.61. The fourth-order valence-electron chi connectivity index (χ4n) is 2.47. The highest BCUT2D eigenvalue weighted by atomic mass is 16.5. The zero-order valence-electron chi connectivity index (χ0n) is 14.2. The SMILES string of the molecule is CCCc1ccc(-c2ccc(OCCO)c(OCCCO)c2)cc1. The van der Waals surface area contributed by atoms with Crippen molar-refractivity contribution in [3.63, 3.8) is 0 Å². The fourth-order valence-corrected chi connectivity index (χ4v) is 2.47. The largest absolute Gasteiger partial charge is 0.490 e. The van der Waals surface area contributed by atoms with Gasteiger partial charge in [-0.1, -0.05) is 43.7 Å². The maximum atomic E-state index is 8.94. The van der Waals surface area contributed by atoms with Crippen LogP contribution in [0.2, 0.25) is 0 Å². The summed E-state index contributed by atoms with van der Waals surface area (Å²) in [5.41, 5.74) is 3.51. The maximum absolute atomic E-state index is 8.94. The molecule has 0 heterocycles. The van der Waals surface area contributed by atoms with Crippen molar-refractivity contribution in [1.82, 2.24) is 0 Å². The molecule has 4 heteroatoms. The smallest absolute Gasteiger partial charge is 0.161 e. The van der Waals surface area contributed by atoms with Gasteiger partial charge in [0.05, 0.1) is 13.2 Å². The molecule has 0 bridgehead atoms. The number of hydrogen-bond acceptors (Lipinski definition) is 4. The van der Waals surface area contributed by atoms with Gasteiger partial charge >= 0.3 is 0 Å². The predicted octanol–water partition coefficient (Wildman–Crippen LogP) is 3.44. The molecule has 0 aromatic heterocycles. The molecule has 2 N–H and O–H groups in total. The van der Waals surface area contributed by atoms with E-state index in [9.17, 15) is 0 Å². The molecule has 0 fully saturated rings. The molecule has 2 rings (SSSR count). The first-order valence-electron chi connectivity index (χ1n) is 8.49. The summed E-state index contributed by atoms with van der Waals surface area (Å²) in [5, 5.41) is 17.8. The van der Waals surface area contributed by atoms with Gasteiger partial charge in [0.25, 0.3) is 0 Å². The van der Waals surface area contributed by atoms with Gasteiger partial charge in [-0.05, 0) is 35.2 Å². The van der Waals surface area contributed by atoms with Crippen LogP contribution in [-0.2, 0) is 6.42 Å². The normalized spacial score (nSPS) is 10.6. The van der Waals surface area contributed by atoms with Crippen molar-refractivity contribution in [2.45, 2.75) is 26.2 Å². The van der Waals surface area contributed by atoms with E-state index in [0.717, 1.165) is 24.0 Å². The zero-order chi connectivity index (χ0) is 17.2. The lowest BCUT2D eigenvalue weighted by Crippen LogP contribution is -2.05. The van der Waals surface area contributed by atoms with Gasteiger partial charge in [0, 0.05) is 13.0 Å². The summed E-state index contributed by atoms with van der Waals surface area (Å²) in [6.45, 7) is 2.86. The van der Waals surface area contributed by atoms with Gasteiger partial charge in [-0.25, -0.2) is 0 Å². The number of benzene rings is 2. The molecular formula is C20H26O4. The molecule has 2 aromatic rings. The third-order valence-corrected chi connectivity index (χ3v) is 3.68. The van der Waals surface area contributed by atoms with Gasteiger partial charge in [0.2, 0.25) is 0 Å². The minimum atomic E-state index is -0.0449. The van der Waals surface area contributed by atoms with E-state index in [0.29, 0.717) is 24.5 Å². The Morgan fingerprint density at radius 1 is 0.792 bits per heavy atom. The van der Waals surface area contributed by atoms with E-state index in [1.54, 1.807) is 0 Å².